The molecule has 0 saturated carbocycles. The largest absolute Gasteiger partial charge is 0.506 e. The molecule has 1 heterocycles. The summed E-state index contributed by atoms with van der Waals surface area (Å²) in [5.74, 6) is -1.22. The topological polar surface area (TPSA) is 96.5 Å². The molecule has 0 saturated heterocycles. The normalized spacial score (nSPS) is 11.6. The van der Waals surface area contributed by atoms with Gasteiger partial charge in [-0.25, -0.2) is 4.79 Å². The van der Waals surface area contributed by atoms with Crippen LogP contribution in [0.15, 0.2) is 55.4 Å². The number of halogens is 3. The van der Waals surface area contributed by atoms with E-state index in [1.807, 2.05) is 0 Å². The number of rotatable bonds is 5. The number of hydrogen-bond donors (Lipinski definition) is 2. The molecule has 10 heteroatoms. The quantitative estimate of drug-likeness (QED) is 0.350. The molecule has 2 N–H and O–H groups in total. The lowest BCUT2D eigenvalue weighted by Crippen LogP contribution is -1.97. The van der Waals surface area contributed by atoms with E-state index in [9.17, 15) is 15.0 Å². The summed E-state index contributed by atoms with van der Waals surface area (Å²) in [7, 11) is 0. The second kappa shape index (κ2) is 8.35. The Hall–Kier alpha value is -2.00. The highest BCUT2D eigenvalue weighted by atomic mass is 79.9. The summed E-state index contributed by atoms with van der Waals surface area (Å²) in [4.78, 5) is 11.5. The number of phenolic OH excluding ortho intramolecular Hbond substituents is 1. The standard InChI is InChI=1S/C17H9BrCl2N2O4S/c18-10-5-9(14(23)12(20)7-10)6-13(16(24)25)27-17-22-21-15(26-17)8-1-3-11(19)4-2-8/h1-7,23H,(H,24,25)/b13-6-. The lowest BCUT2D eigenvalue weighted by molar-refractivity contribution is -0.131. The Morgan fingerprint density at radius 1 is 1.19 bits per heavy atom. The highest BCUT2D eigenvalue weighted by Gasteiger charge is 2.17. The van der Waals surface area contributed by atoms with Gasteiger partial charge in [0.15, 0.2) is 0 Å². The first-order valence-corrected chi connectivity index (χ1v) is 9.60. The lowest BCUT2D eigenvalue weighted by atomic mass is 10.2. The molecule has 0 bridgehead atoms. The van der Waals surface area contributed by atoms with Crippen molar-refractivity contribution in [2.45, 2.75) is 5.22 Å². The first kappa shape index (κ1) is 19.8. The van der Waals surface area contributed by atoms with Crippen LogP contribution in [0.5, 0.6) is 5.75 Å². The number of aromatic hydroxyl groups is 1. The van der Waals surface area contributed by atoms with Gasteiger partial charge in [0.1, 0.15) is 10.7 Å². The van der Waals surface area contributed by atoms with Crippen LogP contribution in [0.25, 0.3) is 17.5 Å². The number of hydrogen-bond acceptors (Lipinski definition) is 6. The van der Waals surface area contributed by atoms with Gasteiger partial charge < -0.3 is 14.6 Å². The second-order valence-corrected chi connectivity index (χ2v) is 7.87. The molecule has 0 amide bonds. The van der Waals surface area contributed by atoms with Crippen LogP contribution in [-0.4, -0.2) is 26.4 Å². The van der Waals surface area contributed by atoms with Crippen LogP contribution >= 0.6 is 50.9 Å². The summed E-state index contributed by atoms with van der Waals surface area (Å²) >= 11 is 15.8. The molecule has 2 aromatic carbocycles. The van der Waals surface area contributed by atoms with Gasteiger partial charge in [-0.3, -0.25) is 0 Å². The average Bonchev–Trinajstić information content (AvgIpc) is 3.07. The Bertz CT molecular complexity index is 1040. The summed E-state index contributed by atoms with van der Waals surface area (Å²) in [5, 5.41) is 27.9. The Balaban J connectivity index is 1.90. The number of benzene rings is 2. The molecule has 1 aromatic heterocycles. The van der Waals surface area contributed by atoms with Gasteiger partial charge in [-0.1, -0.05) is 39.1 Å². The van der Waals surface area contributed by atoms with Gasteiger partial charge in [0, 0.05) is 20.6 Å². The van der Waals surface area contributed by atoms with E-state index >= 15 is 0 Å². The number of carboxylic acid groups (broad SMARTS) is 1. The van der Waals surface area contributed by atoms with Gasteiger partial charge in [-0.05, 0) is 54.2 Å². The smallest absolute Gasteiger partial charge is 0.342 e. The number of aliphatic carboxylic acids is 1. The molecule has 0 aliphatic heterocycles. The predicted octanol–water partition coefficient (Wildman–Crippen LogP) is 5.73. The molecule has 0 aliphatic carbocycles. The maximum Gasteiger partial charge on any atom is 0.342 e. The summed E-state index contributed by atoms with van der Waals surface area (Å²) in [6.45, 7) is 0. The van der Waals surface area contributed by atoms with Crippen LogP contribution in [0, 0.1) is 0 Å². The van der Waals surface area contributed by atoms with Gasteiger partial charge in [0.2, 0.25) is 5.89 Å². The van der Waals surface area contributed by atoms with Crippen LogP contribution in [-0.2, 0) is 4.79 Å². The average molecular weight is 488 g/mol. The number of thioether (sulfide) groups is 1. The molecular formula is C17H9BrCl2N2O4S. The summed E-state index contributed by atoms with van der Waals surface area (Å²) in [6, 6.07) is 9.81. The van der Waals surface area contributed by atoms with E-state index in [0.29, 0.717) is 15.1 Å². The van der Waals surface area contributed by atoms with E-state index in [1.165, 1.54) is 18.2 Å². The van der Waals surface area contributed by atoms with Crippen LogP contribution in [0.2, 0.25) is 10.0 Å². The fraction of sp³-hybridized carbons (Fsp3) is 0. The summed E-state index contributed by atoms with van der Waals surface area (Å²) < 4.78 is 6.09. The fourth-order valence-corrected chi connectivity index (χ4v) is 3.65. The van der Waals surface area contributed by atoms with E-state index in [0.717, 1.165) is 11.8 Å². The summed E-state index contributed by atoms with van der Waals surface area (Å²) in [5.41, 5.74) is 0.882. The molecule has 138 valence electrons. The number of carbonyl (C=O) groups is 1. The van der Waals surface area contributed by atoms with E-state index < -0.39 is 5.97 Å². The van der Waals surface area contributed by atoms with Crippen molar-refractivity contribution in [3.05, 3.63) is 61.4 Å². The fourth-order valence-electron chi connectivity index (χ4n) is 2.03. The van der Waals surface area contributed by atoms with Crippen LogP contribution in [0.3, 0.4) is 0 Å². The highest BCUT2D eigenvalue weighted by Crippen LogP contribution is 2.36. The zero-order chi connectivity index (χ0) is 19.6. The molecule has 0 spiro atoms. The minimum Gasteiger partial charge on any atom is -0.506 e. The third kappa shape index (κ3) is 4.84. The highest BCUT2D eigenvalue weighted by molar-refractivity contribution is 9.10. The zero-order valence-corrected chi connectivity index (χ0v) is 17.1. The number of carboxylic acids is 1. The van der Waals surface area contributed by atoms with Crippen molar-refractivity contribution in [1.29, 1.82) is 0 Å². The Kier molecular flexibility index (Phi) is 6.11. The SMILES string of the molecule is O=C(O)/C(=C/c1cc(Br)cc(Cl)c1O)Sc1nnc(-c2ccc(Cl)cc2)o1. The lowest BCUT2D eigenvalue weighted by Gasteiger charge is -2.04. The molecule has 3 aromatic rings. The Labute approximate surface area is 176 Å². The second-order valence-electron chi connectivity index (χ2n) is 5.12. The van der Waals surface area contributed by atoms with Crippen molar-refractivity contribution in [3.8, 4) is 17.2 Å². The molecule has 0 radical (unpaired) electrons. The predicted molar refractivity (Wildman–Crippen MR) is 107 cm³/mol. The van der Waals surface area contributed by atoms with Crippen LogP contribution in [0.4, 0.5) is 0 Å². The zero-order valence-electron chi connectivity index (χ0n) is 13.2. The minimum atomic E-state index is -1.22. The Morgan fingerprint density at radius 2 is 1.89 bits per heavy atom. The first-order valence-electron chi connectivity index (χ1n) is 7.24. The molecule has 3 rings (SSSR count). The third-order valence-corrected chi connectivity index (χ3v) is 5.10. The van der Waals surface area contributed by atoms with E-state index in [4.69, 9.17) is 27.6 Å². The van der Waals surface area contributed by atoms with Crippen molar-refractivity contribution < 1.29 is 19.4 Å². The van der Waals surface area contributed by atoms with E-state index in [-0.39, 0.29) is 32.4 Å². The summed E-state index contributed by atoms with van der Waals surface area (Å²) in [6.07, 6.45) is 1.27. The third-order valence-electron chi connectivity index (χ3n) is 3.25. The molecule has 27 heavy (non-hydrogen) atoms. The van der Waals surface area contributed by atoms with Crippen molar-refractivity contribution in [2.24, 2.45) is 0 Å². The van der Waals surface area contributed by atoms with Crippen molar-refractivity contribution in [3.63, 3.8) is 0 Å². The number of nitrogens with zero attached hydrogens (tertiary/aromatic N) is 2. The van der Waals surface area contributed by atoms with Gasteiger partial charge in [-0.2, -0.15) is 0 Å². The molecule has 0 unspecified atom stereocenters. The first-order chi connectivity index (χ1) is 12.8. The molecule has 0 aliphatic rings. The Morgan fingerprint density at radius 3 is 2.56 bits per heavy atom. The molecular weight excluding hydrogens is 479 g/mol. The van der Waals surface area contributed by atoms with Gasteiger partial charge >= 0.3 is 5.97 Å². The molecule has 6 nitrogen and oxygen atoms in total. The maximum atomic E-state index is 11.6. The number of aromatic nitrogens is 2. The van der Waals surface area contributed by atoms with Gasteiger partial charge in [0.25, 0.3) is 5.22 Å². The van der Waals surface area contributed by atoms with Crippen LogP contribution in [0.1, 0.15) is 5.56 Å². The van der Waals surface area contributed by atoms with Gasteiger partial charge in [0.05, 0.1) is 5.02 Å². The van der Waals surface area contributed by atoms with Crippen molar-refractivity contribution in [2.75, 3.05) is 0 Å². The van der Waals surface area contributed by atoms with E-state index in [2.05, 4.69) is 26.1 Å². The van der Waals surface area contributed by atoms with Crippen LogP contribution < -0.4 is 0 Å². The van der Waals surface area contributed by atoms with Crippen molar-refractivity contribution in [1.82, 2.24) is 10.2 Å². The van der Waals surface area contributed by atoms with Gasteiger partial charge in [-0.15, -0.1) is 10.2 Å². The molecule has 0 fully saturated rings. The monoisotopic (exact) mass is 486 g/mol. The van der Waals surface area contributed by atoms with E-state index in [1.54, 1.807) is 24.3 Å². The molecule has 0 atom stereocenters. The number of phenols is 1. The maximum absolute atomic E-state index is 11.6. The minimum absolute atomic E-state index is 0.0363. The van der Waals surface area contributed by atoms with Crippen molar-refractivity contribution >= 4 is 62.9 Å².